The largest absolute Gasteiger partial charge is 0.416 e. The molecule has 30 heavy (non-hydrogen) atoms. The summed E-state index contributed by atoms with van der Waals surface area (Å²) in [6, 6.07) is 6.05. The SMILES string of the molecule is Cc1sc(C(=O)N[C@H](CN)Cc2ccccc2C(F)(F)F)cc1-c1c(F)cnn1C. The lowest BCUT2D eigenvalue weighted by molar-refractivity contribution is -0.138. The van der Waals surface area contributed by atoms with Crippen LogP contribution in [-0.4, -0.2) is 28.3 Å². The van der Waals surface area contributed by atoms with Gasteiger partial charge in [-0.2, -0.15) is 18.3 Å². The summed E-state index contributed by atoms with van der Waals surface area (Å²) in [5.41, 5.74) is 5.81. The van der Waals surface area contributed by atoms with Crippen LogP contribution in [0.15, 0.2) is 36.5 Å². The highest BCUT2D eigenvalue weighted by Crippen LogP contribution is 2.33. The zero-order valence-corrected chi connectivity index (χ0v) is 17.1. The number of aromatic nitrogens is 2. The first-order valence-corrected chi connectivity index (χ1v) is 9.87. The Balaban J connectivity index is 1.80. The number of nitrogens with one attached hydrogen (secondary N) is 1. The number of hydrogen-bond acceptors (Lipinski definition) is 4. The minimum absolute atomic E-state index is 0.0362. The molecule has 2 aromatic heterocycles. The first-order valence-electron chi connectivity index (χ1n) is 9.06. The summed E-state index contributed by atoms with van der Waals surface area (Å²) in [7, 11) is 1.60. The van der Waals surface area contributed by atoms with Gasteiger partial charge in [0.05, 0.1) is 16.6 Å². The van der Waals surface area contributed by atoms with Crippen molar-refractivity contribution in [1.82, 2.24) is 15.1 Å². The fourth-order valence-corrected chi connectivity index (χ4v) is 4.16. The molecule has 0 fully saturated rings. The molecule has 10 heteroatoms. The van der Waals surface area contributed by atoms with Crippen molar-refractivity contribution in [2.24, 2.45) is 12.8 Å². The minimum Gasteiger partial charge on any atom is -0.347 e. The number of halogens is 4. The van der Waals surface area contributed by atoms with Crippen LogP contribution in [0.5, 0.6) is 0 Å². The van der Waals surface area contributed by atoms with E-state index >= 15 is 0 Å². The Morgan fingerprint density at radius 3 is 2.63 bits per heavy atom. The number of carbonyl (C=O) groups is 1. The molecule has 0 saturated heterocycles. The molecule has 2 heterocycles. The van der Waals surface area contributed by atoms with Crippen LogP contribution in [0.1, 0.15) is 25.7 Å². The number of alkyl halides is 3. The molecule has 0 aliphatic carbocycles. The molecule has 0 unspecified atom stereocenters. The van der Waals surface area contributed by atoms with Crippen molar-refractivity contribution in [3.05, 3.63) is 63.2 Å². The Morgan fingerprint density at radius 1 is 1.33 bits per heavy atom. The van der Waals surface area contributed by atoms with Crippen LogP contribution in [0.4, 0.5) is 17.6 Å². The fourth-order valence-electron chi connectivity index (χ4n) is 3.23. The summed E-state index contributed by atoms with van der Waals surface area (Å²) in [5.74, 6) is -0.981. The van der Waals surface area contributed by atoms with E-state index in [1.807, 2.05) is 0 Å². The van der Waals surface area contributed by atoms with Gasteiger partial charge in [0.25, 0.3) is 5.91 Å². The molecule has 0 spiro atoms. The zero-order chi connectivity index (χ0) is 22.1. The van der Waals surface area contributed by atoms with E-state index in [9.17, 15) is 22.4 Å². The Kier molecular flexibility index (Phi) is 6.27. The molecule has 0 radical (unpaired) electrons. The van der Waals surface area contributed by atoms with Crippen LogP contribution < -0.4 is 11.1 Å². The number of nitrogens with two attached hydrogens (primary N) is 1. The smallest absolute Gasteiger partial charge is 0.347 e. The van der Waals surface area contributed by atoms with Crippen LogP contribution in [0, 0.1) is 12.7 Å². The molecule has 0 aliphatic heterocycles. The molecule has 160 valence electrons. The molecule has 5 nitrogen and oxygen atoms in total. The molecule has 1 amide bonds. The second-order valence-electron chi connectivity index (χ2n) is 6.81. The average molecular weight is 440 g/mol. The van der Waals surface area contributed by atoms with Gasteiger partial charge in [0.2, 0.25) is 0 Å². The molecule has 0 saturated carbocycles. The lowest BCUT2D eigenvalue weighted by Gasteiger charge is -2.19. The van der Waals surface area contributed by atoms with Crippen molar-refractivity contribution in [3.63, 3.8) is 0 Å². The number of aryl methyl sites for hydroxylation is 2. The maximum Gasteiger partial charge on any atom is 0.416 e. The first kappa shape index (κ1) is 22.0. The number of rotatable bonds is 6. The fraction of sp³-hybridized carbons (Fsp3) is 0.300. The molecular weight excluding hydrogens is 420 g/mol. The lowest BCUT2D eigenvalue weighted by Crippen LogP contribution is -2.41. The second-order valence-corrected chi connectivity index (χ2v) is 8.07. The van der Waals surface area contributed by atoms with Crippen LogP contribution >= 0.6 is 11.3 Å². The van der Waals surface area contributed by atoms with E-state index in [4.69, 9.17) is 5.73 Å². The standard InChI is InChI=1S/C20H20F4N4OS/c1-11-14(18-16(21)10-26-28(18)2)8-17(30-11)19(29)27-13(9-25)7-12-5-3-4-6-15(12)20(22,23)24/h3-6,8,10,13H,7,9,25H2,1-2H3,(H,27,29)/t13-/m0/s1. The highest BCUT2D eigenvalue weighted by atomic mass is 32.1. The van der Waals surface area contributed by atoms with Gasteiger partial charge in [0.15, 0.2) is 5.82 Å². The molecule has 3 N–H and O–H groups in total. The highest BCUT2D eigenvalue weighted by Gasteiger charge is 2.33. The number of benzene rings is 1. The van der Waals surface area contributed by atoms with Gasteiger partial charge in [-0.3, -0.25) is 9.48 Å². The van der Waals surface area contributed by atoms with E-state index in [2.05, 4.69) is 10.4 Å². The van der Waals surface area contributed by atoms with Crippen molar-refractivity contribution in [1.29, 1.82) is 0 Å². The molecule has 1 atom stereocenters. The summed E-state index contributed by atoms with van der Waals surface area (Å²) < 4.78 is 55.1. The highest BCUT2D eigenvalue weighted by molar-refractivity contribution is 7.14. The third kappa shape index (κ3) is 4.54. The van der Waals surface area contributed by atoms with Crippen molar-refractivity contribution < 1.29 is 22.4 Å². The van der Waals surface area contributed by atoms with E-state index in [0.717, 1.165) is 28.5 Å². The van der Waals surface area contributed by atoms with Crippen LogP contribution in [0.25, 0.3) is 11.3 Å². The van der Waals surface area contributed by atoms with Gasteiger partial charge in [-0.25, -0.2) is 4.39 Å². The number of thiophene rings is 1. The minimum atomic E-state index is -4.49. The van der Waals surface area contributed by atoms with Gasteiger partial charge in [-0.05, 0) is 31.0 Å². The number of hydrogen-bond donors (Lipinski definition) is 2. The van der Waals surface area contributed by atoms with Crippen LogP contribution in [0.3, 0.4) is 0 Å². The summed E-state index contributed by atoms with van der Waals surface area (Å²) in [4.78, 5) is 13.7. The molecule has 3 rings (SSSR count). The van der Waals surface area contributed by atoms with Crippen molar-refractivity contribution in [2.75, 3.05) is 6.54 Å². The first-order chi connectivity index (χ1) is 14.1. The third-order valence-electron chi connectivity index (χ3n) is 4.70. The van der Waals surface area contributed by atoms with Gasteiger partial charge in [0, 0.05) is 30.1 Å². The van der Waals surface area contributed by atoms with E-state index in [0.29, 0.717) is 10.4 Å². The van der Waals surface area contributed by atoms with Gasteiger partial charge in [-0.1, -0.05) is 18.2 Å². The Hall–Kier alpha value is -2.72. The predicted molar refractivity (Wildman–Crippen MR) is 107 cm³/mol. The van der Waals surface area contributed by atoms with Crippen molar-refractivity contribution in [2.45, 2.75) is 25.6 Å². The lowest BCUT2D eigenvalue weighted by atomic mass is 9.99. The second kappa shape index (κ2) is 8.57. The van der Waals surface area contributed by atoms with Gasteiger partial charge in [0.1, 0.15) is 5.69 Å². The maximum atomic E-state index is 14.0. The van der Waals surface area contributed by atoms with Crippen LogP contribution in [-0.2, 0) is 19.6 Å². The van der Waals surface area contributed by atoms with Crippen LogP contribution in [0.2, 0.25) is 0 Å². The number of carbonyl (C=O) groups excluding carboxylic acids is 1. The van der Waals surface area contributed by atoms with E-state index in [1.54, 1.807) is 20.0 Å². The monoisotopic (exact) mass is 440 g/mol. The zero-order valence-electron chi connectivity index (χ0n) is 16.3. The number of amides is 1. The predicted octanol–water partition coefficient (Wildman–Crippen LogP) is 3.91. The number of nitrogens with zero attached hydrogens (tertiary/aromatic N) is 2. The third-order valence-corrected chi connectivity index (χ3v) is 5.75. The summed E-state index contributed by atoms with van der Waals surface area (Å²) in [6.45, 7) is 1.72. The maximum absolute atomic E-state index is 14.0. The van der Waals surface area contributed by atoms with Crippen molar-refractivity contribution in [3.8, 4) is 11.3 Å². The topological polar surface area (TPSA) is 72.9 Å². The van der Waals surface area contributed by atoms with Gasteiger partial charge >= 0.3 is 6.18 Å². The van der Waals surface area contributed by atoms with E-state index < -0.39 is 29.5 Å². The Morgan fingerprint density at radius 2 is 2.03 bits per heavy atom. The summed E-state index contributed by atoms with van der Waals surface area (Å²) >= 11 is 1.16. The van der Waals surface area contributed by atoms with Gasteiger partial charge < -0.3 is 11.1 Å². The quantitative estimate of drug-likeness (QED) is 0.571. The van der Waals surface area contributed by atoms with E-state index in [-0.39, 0.29) is 24.2 Å². The normalized spacial score (nSPS) is 12.8. The Labute approximate surface area is 174 Å². The Bertz CT molecular complexity index is 1040. The van der Waals surface area contributed by atoms with Crippen molar-refractivity contribution >= 4 is 17.2 Å². The molecule has 1 aromatic carbocycles. The molecule has 3 aromatic rings. The molecule has 0 aliphatic rings. The summed E-state index contributed by atoms with van der Waals surface area (Å²) in [5, 5.41) is 6.55. The molecular formula is C20H20F4N4OS. The van der Waals surface area contributed by atoms with Gasteiger partial charge in [-0.15, -0.1) is 11.3 Å². The van der Waals surface area contributed by atoms with E-state index in [1.165, 1.54) is 22.9 Å². The average Bonchev–Trinajstić information content (AvgIpc) is 3.22. The molecule has 0 bridgehead atoms. The summed E-state index contributed by atoms with van der Waals surface area (Å²) in [6.07, 6.45) is -3.47.